The van der Waals surface area contributed by atoms with Crippen LogP contribution in [0, 0.1) is 0 Å². The first kappa shape index (κ1) is 16.5. The van der Waals surface area contributed by atoms with Gasteiger partial charge in [0.15, 0.2) is 0 Å². The zero-order valence-corrected chi connectivity index (χ0v) is 14.6. The molecule has 2 rings (SSSR count). The number of halogens is 1. The Labute approximate surface area is 136 Å². The standard InChI is InChI=1S/C16H24ClN3S/c1-4-14-16(17)15(20(6-3)19-14)11-12(18-5-2)10-13-8-7-9-21-13/h7-9,12,18H,4-6,10-11H2,1-3H3. The minimum Gasteiger partial charge on any atom is -0.314 e. The van der Waals surface area contributed by atoms with Gasteiger partial charge in [-0.1, -0.05) is 31.5 Å². The van der Waals surface area contributed by atoms with Gasteiger partial charge in [-0.3, -0.25) is 4.68 Å². The van der Waals surface area contributed by atoms with Gasteiger partial charge in [0.25, 0.3) is 0 Å². The van der Waals surface area contributed by atoms with Crippen molar-refractivity contribution in [2.24, 2.45) is 0 Å². The third-order valence-electron chi connectivity index (χ3n) is 3.65. The number of thiophene rings is 1. The molecule has 1 unspecified atom stereocenters. The summed E-state index contributed by atoms with van der Waals surface area (Å²) < 4.78 is 2.06. The molecule has 21 heavy (non-hydrogen) atoms. The highest BCUT2D eigenvalue weighted by Crippen LogP contribution is 2.24. The number of likely N-dealkylation sites (N-methyl/N-ethyl adjacent to an activating group) is 1. The van der Waals surface area contributed by atoms with Crippen LogP contribution in [0.25, 0.3) is 0 Å². The van der Waals surface area contributed by atoms with E-state index in [2.05, 4.69) is 53.4 Å². The molecule has 0 aliphatic heterocycles. The lowest BCUT2D eigenvalue weighted by Gasteiger charge is -2.18. The molecule has 0 fully saturated rings. The van der Waals surface area contributed by atoms with Gasteiger partial charge in [0.1, 0.15) is 0 Å². The Balaban J connectivity index is 2.17. The van der Waals surface area contributed by atoms with Crippen molar-refractivity contribution in [3.05, 3.63) is 38.8 Å². The summed E-state index contributed by atoms with van der Waals surface area (Å²) in [4.78, 5) is 1.41. The summed E-state index contributed by atoms with van der Waals surface area (Å²) in [6.07, 6.45) is 2.85. The van der Waals surface area contributed by atoms with Gasteiger partial charge in [-0.05, 0) is 37.8 Å². The van der Waals surface area contributed by atoms with Crippen LogP contribution in [0.3, 0.4) is 0 Å². The number of hydrogen-bond acceptors (Lipinski definition) is 3. The van der Waals surface area contributed by atoms with Gasteiger partial charge in [0, 0.05) is 23.9 Å². The van der Waals surface area contributed by atoms with Gasteiger partial charge in [-0.25, -0.2) is 0 Å². The van der Waals surface area contributed by atoms with Crippen LogP contribution in [-0.2, 0) is 25.8 Å². The summed E-state index contributed by atoms with van der Waals surface area (Å²) in [5.41, 5.74) is 2.18. The van der Waals surface area contributed by atoms with Crippen LogP contribution in [0.15, 0.2) is 17.5 Å². The van der Waals surface area contributed by atoms with Gasteiger partial charge < -0.3 is 5.32 Å². The first-order valence-corrected chi connectivity index (χ1v) is 8.95. The van der Waals surface area contributed by atoms with Crippen LogP contribution >= 0.6 is 22.9 Å². The summed E-state index contributed by atoms with van der Waals surface area (Å²) in [5.74, 6) is 0. The second-order valence-electron chi connectivity index (χ2n) is 5.12. The Hall–Kier alpha value is -0.840. The lowest BCUT2D eigenvalue weighted by molar-refractivity contribution is 0.498. The molecule has 0 amide bonds. The van der Waals surface area contributed by atoms with Crippen molar-refractivity contribution in [2.45, 2.75) is 52.6 Å². The first-order valence-electron chi connectivity index (χ1n) is 7.69. The Bertz CT molecular complexity index is 548. The molecule has 5 heteroatoms. The topological polar surface area (TPSA) is 29.9 Å². The maximum Gasteiger partial charge on any atom is 0.0850 e. The van der Waals surface area contributed by atoms with Crippen LogP contribution in [0.5, 0.6) is 0 Å². The Morgan fingerprint density at radius 3 is 2.71 bits per heavy atom. The van der Waals surface area contributed by atoms with E-state index >= 15 is 0 Å². The summed E-state index contributed by atoms with van der Waals surface area (Å²) >= 11 is 8.34. The highest BCUT2D eigenvalue weighted by molar-refractivity contribution is 7.09. The number of aromatic nitrogens is 2. The van der Waals surface area contributed by atoms with Crippen molar-refractivity contribution < 1.29 is 0 Å². The van der Waals surface area contributed by atoms with Crippen molar-refractivity contribution in [1.29, 1.82) is 0 Å². The van der Waals surface area contributed by atoms with E-state index in [4.69, 9.17) is 11.6 Å². The largest absolute Gasteiger partial charge is 0.314 e. The zero-order valence-electron chi connectivity index (χ0n) is 13.0. The smallest absolute Gasteiger partial charge is 0.0850 e. The van der Waals surface area contributed by atoms with Crippen molar-refractivity contribution in [1.82, 2.24) is 15.1 Å². The number of aryl methyl sites for hydroxylation is 2. The maximum absolute atomic E-state index is 6.53. The van der Waals surface area contributed by atoms with Crippen molar-refractivity contribution in [2.75, 3.05) is 6.54 Å². The van der Waals surface area contributed by atoms with E-state index in [9.17, 15) is 0 Å². The van der Waals surface area contributed by atoms with Crippen molar-refractivity contribution in [3.8, 4) is 0 Å². The van der Waals surface area contributed by atoms with E-state index in [0.717, 1.165) is 43.1 Å². The second-order valence-corrected chi connectivity index (χ2v) is 6.53. The summed E-state index contributed by atoms with van der Waals surface area (Å²) in [6, 6.07) is 4.71. The summed E-state index contributed by atoms with van der Waals surface area (Å²) in [7, 11) is 0. The molecule has 0 bridgehead atoms. The molecule has 2 heterocycles. The van der Waals surface area contributed by atoms with E-state index in [1.165, 1.54) is 10.6 Å². The van der Waals surface area contributed by atoms with Gasteiger partial charge in [-0.15, -0.1) is 11.3 Å². The van der Waals surface area contributed by atoms with E-state index in [0.29, 0.717) is 6.04 Å². The van der Waals surface area contributed by atoms with Crippen LogP contribution < -0.4 is 5.32 Å². The molecule has 116 valence electrons. The van der Waals surface area contributed by atoms with Gasteiger partial charge in [0.05, 0.1) is 16.4 Å². The van der Waals surface area contributed by atoms with Crippen LogP contribution in [0.2, 0.25) is 5.02 Å². The zero-order chi connectivity index (χ0) is 15.2. The van der Waals surface area contributed by atoms with Gasteiger partial charge in [0.2, 0.25) is 0 Å². The van der Waals surface area contributed by atoms with Crippen LogP contribution in [0.1, 0.15) is 37.0 Å². The lowest BCUT2D eigenvalue weighted by atomic mass is 10.1. The highest BCUT2D eigenvalue weighted by atomic mass is 35.5. The monoisotopic (exact) mass is 325 g/mol. The maximum atomic E-state index is 6.53. The second kappa shape index (κ2) is 7.97. The molecular weight excluding hydrogens is 302 g/mol. The first-order chi connectivity index (χ1) is 10.2. The third-order valence-corrected chi connectivity index (χ3v) is 4.99. The molecule has 1 N–H and O–H groups in total. The molecule has 0 aliphatic carbocycles. The Morgan fingerprint density at radius 1 is 1.33 bits per heavy atom. The van der Waals surface area contributed by atoms with Crippen molar-refractivity contribution in [3.63, 3.8) is 0 Å². The average Bonchev–Trinajstić information content (AvgIpc) is 3.08. The minimum atomic E-state index is 0.401. The lowest BCUT2D eigenvalue weighted by Crippen LogP contribution is -2.33. The number of rotatable bonds is 8. The normalized spacial score (nSPS) is 12.8. The number of nitrogens with one attached hydrogen (secondary N) is 1. The van der Waals surface area contributed by atoms with Crippen LogP contribution in [-0.4, -0.2) is 22.4 Å². The van der Waals surface area contributed by atoms with E-state index in [1.54, 1.807) is 0 Å². The third kappa shape index (κ3) is 4.09. The molecule has 0 aliphatic rings. The average molecular weight is 326 g/mol. The number of nitrogens with zero attached hydrogens (tertiary/aromatic N) is 2. The fourth-order valence-corrected chi connectivity index (χ4v) is 3.76. The molecule has 0 saturated heterocycles. The van der Waals surface area contributed by atoms with E-state index < -0.39 is 0 Å². The Kier molecular flexibility index (Phi) is 6.27. The molecule has 0 spiro atoms. The van der Waals surface area contributed by atoms with Crippen LogP contribution in [0.4, 0.5) is 0 Å². The van der Waals surface area contributed by atoms with Crippen molar-refractivity contribution >= 4 is 22.9 Å². The summed E-state index contributed by atoms with van der Waals surface area (Å²) in [5, 5.41) is 11.2. The van der Waals surface area contributed by atoms with E-state index in [1.807, 2.05) is 11.3 Å². The van der Waals surface area contributed by atoms with Gasteiger partial charge in [-0.2, -0.15) is 5.10 Å². The quantitative estimate of drug-likeness (QED) is 0.796. The SMILES string of the molecule is CCNC(Cc1cccs1)Cc1c(Cl)c(CC)nn1CC. The molecule has 1 atom stereocenters. The minimum absolute atomic E-state index is 0.401. The molecule has 0 radical (unpaired) electrons. The summed E-state index contributed by atoms with van der Waals surface area (Å²) in [6.45, 7) is 8.21. The predicted octanol–water partition coefficient (Wildman–Crippen LogP) is 3.94. The van der Waals surface area contributed by atoms with Gasteiger partial charge >= 0.3 is 0 Å². The van der Waals surface area contributed by atoms with E-state index in [-0.39, 0.29) is 0 Å². The highest BCUT2D eigenvalue weighted by Gasteiger charge is 2.19. The molecule has 3 nitrogen and oxygen atoms in total. The fraction of sp³-hybridized carbons (Fsp3) is 0.562. The fourth-order valence-electron chi connectivity index (χ4n) is 2.62. The molecule has 2 aromatic rings. The molecular formula is C16H24ClN3S. The predicted molar refractivity (Wildman–Crippen MR) is 91.5 cm³/mol. The molecule has 0 saturated carbocycles. The molecule has 0 aromatic carbocycles. The number of hydrogen-bond donors (Lipinski definition) is 1. The molecule has 2 aromatic heterocycles. The Morgan fingerprint density at radius 2 is 2.14 bits per heavy atom.